The molecule has 0 aliphatic heterocycles. The molecule has 0 saturated carbocycles. The van der Waals surface area contributed by atoms with Gasteiger partial charge in [-0.25, -0.2) is 29.9 Å². The third-order valence-electron chi connectivity index (χ3n) is 12.9. The highest BCUT2D eigenvalue weighted by atomic mass is 16.3. The van der Waals surface area contributed by atoms with E-state index in [4.69, 9.17) is 34.3 Å². The van der Waals surface area contributed by atoms with Gasteiger partial charge >= 0.3 is 0 Å². The van der Waals surface area contributed by atoms with Crippen molar-refractivity contribution in [2.24, 2.45) is 7.05 Å². The zero-order valence-electron chi connectivity index (χ0n) is 37.3. The lowest BCUT2D eigenvalue weighted by molar-refractivity contribution is 0.673. The molecule has 8 nitrogen and oxygen atoms in total. The van der Waals surface area contributed by atoms with Crippen LogP contribution in [0.25, 0.3) is 134 Å². The Bertz CT molecular complexity index is 3960. The summed E-state index contributed by atoms with van der Waals surface area (Å²) in [6.45, 7) is 0. The molecule has 4 aromatic heterocycles. The molecule has 0 saturated heterocycles. The Kier molecular flexibility index (Phi) is 9.54. The standard InChI is InChI=1S/C61H39N7O/c1-68-53-45(42-29-14-16-32-46(42)60-64-56(38-21-6-2-7-22-38)62-57(65-60)39-23-8-3-9-24-39)34-20-35-48(53)52-54(68)49(37-50-44-31-18-19-36-51(44)69-55(50)52)43-30-15-17-33-47(43)61-66-58(40-25-10-4-11-26-40)63-59(67-61)41-27-12-5-13-28-41/h2-37H,1H3. The molecular formula is C61H39N7O. The number of fused-ring (bicyclic) bond motifs is 7. The van der Waals surface area contributed by atoms with Crippen LogP contribution in [0.15, 0.2) is 223 Å². The molecule has 13 rings (SSSR count). The van der Waals surface area contributed by atoms with Crippen LogP contribution < -0.4 is 0 Å². The summed E-state index contributed by atoms with van der Waals surface area (Å²) < 4.78 is 9.22. The third kappa shape index (κ3) is 6.85. The van der Waals surface area contributed by atoms with E-state index in [1.165, 1.54) is 0 Å². The maximum absolute atomic E-state index is 6.90. The van der Waals surface area contributed by atoms with Gasteiger partial charge < -0.3 is 8.98 Å². The number of aromatic nitrogens is 7. The van der Waals surface area contributed by atoms with Gasteiger partial charge in [0.1, 0.15) is 11.2 Å². The Morgan fingerprint density at radius 3 is 1.17 bits per heavy atom. The first-order valence-electron chi connectivity index (χ1n) is 22.9. The van der Waals surface area contributed by atoms with Crippen LogP contribution >= 0.6 is 0 Å². The maximum Gasteiger partial charge on any atom is 0.164 e. The normalized spacial score (nSPS) is 11.6. The zero-order valence-corrected chi connectivity index (χ0v) is 37.3. The molecule has 0 atom stereocenters. The van der Waals surface area contributed by atoms with Crippen molar-refractivity contribution >= 4 is 43.7 Å². The van der Waals surface area contributed by atoms with Gasteiger partial charge in [-0.15, -0.1) is 0 Å². The van der Waals surface area contributed by atoms with Gasteiger partial charge in [0, 0.05) is 67.7 Å². The fourth-order valence-corrected chi connectivity index (χ4v) is 9.77. The van der Waals surface area contributed by atoms with Crippen molar-refractivity contribution in [1.29, 1.82) is 0 Å². The summed E-state index contributed by atoms with van der Waals surface area (Å²) in [5.41, 5.74) is 13.2. The van der Waals surface area contributed by atoms with Crippen LogP contribution in [0.1, 0.15) is 0 Å². The summed E-state index contributed by atoms with van der Waals surface area (Å²) >= 11 is 0. The van der Waals surface area contributed by atoms with Gasteiger partial charge in [-0.05, 0) is 23.3 Å². The van der Waals surface area contributed by atoms with Gasteiger partial charge in [0.15, 0.2) is 34.9 Å². The minimum atomic E-state index is 0.582. The number of rotatable bonds is 8. The van der Waals surface area contributed by atoms with Gasteiger partial charge in [0.2, 0.25) is 0 Å². The van der Waals surface area contributed by atoms with Gasteiger partial charge in [0.05, 0.1) is 16.4 Å². The van der Waals surface area contributed by atoms with Crippen molar-refractivity contribution in [3.05, 3.63) is 218 Å². The minimum Gasteiger partial charge on any atom is -0.455 e. The topological polar surface area (TPSA) is 95.4 Å². The zero-order chi connectivity index (χ0) is 45.8. The number of furan rings is 1. The van der Waals surface area contributed by atoms with Crippen molar-refractivity contribution in [1.82, 2.24) is 34.5 Å². The van der Waals surface area contributed by atoms with Crippen LogP contribution in [-0.4, -0.2) is 34.5 Å². The summed E-state index contributed by atoms with van der Waals surface area (Å²) in [5, 5.41) is 4.15. The Labute approximate surface area is 397 Å². The van der Waals surface area contributed by atoms with E-state index in [1.807, 2.05) is 133 Å². The SMILES string of the molecule is Cn1c2c(-c3ccccc3-c3nc(-c4ccccc4)nc(-c4ccccc4)n3)cccc2c2c3oc4ccccc4c3cc(-c3ccccc3-c3nc(-c4ccccc4)nc(-c4ccccc4)n3)c21. The highest BCUT2D eigenvalue weighted by Crippen LogP contribution is 2.48. The number of nitrogens with zero attached hydrogens (tertiary/aromatic N) is 7. The number of benzene rings is 9. The smallest absolute Gasteiger partial charge is 0.164 e. The van der Waals surface area contributed by atoms with Crippen LogP contribution in [-0.2, 0) is 7.05 Å². The molecule has 0 N–H and O–H groups in total. The first-order valence-corrected chi connectivity index (χ1v) is 22.9. The van der Waals surface area contributed by atoms with E-state index in [9.17, 15) is 0 Å². The van der Waals surface area contributed by atoms with Crippen LogP contribution in [0.2, 0.25) is 0 Å². The second-order valence-electron chi connectivity index (χ2n) is 17.1. The van der Waals surface area contributed by atoms with Gasteiger partial charge in [-0.3, -0.25) is 0 Å². The van der Waals surface area contributed by atoms with Crippen molar-refractivity contribution in [2.45, 2.75) is 0 Å². The molecule has 0 radical (unpaired) electrons. The Hall–Kier alpha value is -9.40. The first kappa shape index (κ1) is 39.9. The molecule has 0 bridgehead atoms. The summed E-state index contributed by atoms with van der Waals surface area (Å²) in [6.07, 6.45) is 0. The minimum absolute atomic E-state index is 0.582. The Morgan fingerprint density at radius 2 is 0.681 bits per heavy atom. The van der Waals surface area contributed by atoms with E-state index < -0.39 is 0 Å². The molecular weight excluding hydrogens is 847 g/mol. The van der Waals surface area contributed by atoms with Crippen LogP contribution in [0.4, 0.5) is 0 Å². The largest absolute Gasteiger partial charge is 0.455 e. The fourth-order valence-electron chi connectivity index (χ4n) is 9.77. The van der Waals surface area contributed by atoms with E-state index in [1.54, 1.807) is 0 Å². The molecule has 0 fully saturated rings. The second kappa shape index (κ2) is 16.5. The highest BCUT2D eigenvalue weighted by molar-refractivity contribution is 6.28. The first-order chi connectivity index (χ1) is 34.1. The summed E-state index contributed by atoms with van der Waals surface area (Å²) in [6, 6.07) is 74.4. The average molecular weight is 886 g/mol. The molecule has 0 unspecified atom stereocenters. The number of aryl methyl sites for hydroxylation is 1. The molecule has 4 heterocycles. The van der Waals surface area contributed by atoms with Gasteiger partial charge in [-0.2, -0.15) is 0 Å². The second-order valence-corrected chi connectivity index (χ2v) is 17.1. The molecule has 8 heteroatoms. The molecule has 0 aliphatic carbocycles. The highest BCUT2D eigenvalue weighted by Gasteiger charge is 2.26. The van der Waals surface area contributed by atoms with E-state index in [-0.39, 0.29) is 0 Å². The van der Waals surface area contributed by atoms with Crippen molar-refractivity contribution in [3.8, 4) is 90.6 Å². The molecule has 0 amide bonds. The molecule has 9 aromatic carbocycles. The lowest BCUT2D eigenvalue weighted by atomic mass is 9.94. The third-order valence-corrected chi connectivity index (χ3v) is 12.9. The van der Waals surface area contributed by atoms with Crippen LogP contribution in [0, 0.1) is 0 Å². The lowest BCUT2D eigenvalue weighted by Crippen LogP contribution is -2.01. The summed E-state index contributed by atoms with van der Waals surface area (Å²) in [4.78, 5) is 30.8. The maximum atomic E-state index is 6.90. The quantitative estimate of drug-likeness (QED) is 0.150. The van der Waals surface area contributed by atoms with Crippen LogP contribution in [0.5, 0.6) is 0 Å². The average Bonchev–Trinajstić information content (AvgIpc) is 3.96. The van der Waals surface area contributed by atoms with Gasteiger partial charge in [-0.1, -0.05) is 206 Å². The molecule has 69 heavy (non-hydrogen) atoms. The van der Waals surface area contributed by atoms with Crippen molar-refractivity contribution in [3.63, 3.8) is 0 Å². The molecule has 13 aromatic rings. The molecule has 0 spiro atoms. The summed E-state index contributed by atoms with van der Waals surface area (Å²) in [7, 11) is 2.16. The van der Waals surface area contributed by atoms with Crippen molar-refractivity contribution in [2.75, 3.05) is 0 Å². The van der Waals surface area contributed by atoms with E-state index >= 15 is 0 Å². The lowest BCUT2D eigenvalue weighted by Gasteiger charge is -2.15. The predicted octanol–water partition coefficient (Wildman–Crippen LogP) is 14.9. The molecule has 0 aliphatic rings. The Morgan fingerprint density at radius 1 is 0.304 bits per heavy atom. The number of hydrogen-bond donors (Lipinski definition) is 0. The summed E-state index contributed by atoms with van der Waals surface area (Å²) in [5.74, 6) is 3.60. The molecule has 324 valence electrons. The predicted molar refractivity (Wildman–Crippen MR) is 278 cm³/mol. The Balaban J connectivity index is 1.07. The van der Waals surface area contributed by atoms with E-state index in [0.717, 1.165) is 99.4 Å². The van der Waals surface area contributed by atoms with Crippen LogP contribution in [0.3, 0.4) is 0 Å². The number of hydrogen-bond acceptors (Lipinski definition) is 7. The van der Waals surface area contributed by atoms with Crippen molar-refractivity contribution < 1.29 is 4.42 Å². The monoisotopic (exact) mass is 885 g/mol. The number of para-hydroxylation sites is 2. The fraction of sp³-hybridized carbons (Fsp3) is 0.0164. The van der Waals surface area contributed by atoms with E-state index in [2.05, 4.69) is 96.5 Å². The van der Waals surface area contributed by atoms with Gasteiger partial charge in [0.25, 0.3) is 0 Å². The van der Waals surface area contributed by atoms with E-state index in [0.29, 0.717) is 34.9 Å².